The van der Waals surface area contributed by atoms with Crippen LogP contribution in [0.5, 0.6) is 0 Å². The zero-order valence-electron chi connectivity index (χ0n) is 16.6. The molecule has 0 radical (unpaired) electrons. The highest BCUT2D eigenvalue weighted by Gasteiger charge is 2.40. The second-order valence-corrected chi connectivity index (χ2v) is 8.21. The fourth-order valence-electron chi connectivity index (χ4n) is 3.11. The molecule has 2 atom stereocenters. The molecule has 2 aromatic heterocycles. The number of aromatic nitrogens is 2. The van der Waals surface area contributed by atoms with Gasteiger partial charge in [-0.05, 0) is 6.42 Å². The lowest BCUT2D eigenvalue weighted by atomic mass is 9.79. The van der Waals surface area contributed by atoms with Crippen molar-refractivity contribution in [2.24, 2.45) is 38.8 Å². The third-order valence-corrected chi connectivity index (χ3v) is 5.80. The predicted octanol–water partition coefficient (Wildman–Crippen LogP) is 1.20. The number of unbranched alkanes of at least 4 members (excludes halogenated alkanes) is 2. The van der Waals surface area contributed by atoms with Gasteiger partial charge in [-0.25, -0.2) is 15.0 Å². The maximum atomic E-state index is 13.5. The average molecular weight is 451 g/mol. The molecule has 162 valence electrons. The van der Waals surface area contributed by atoms with Crippen molar-refractivity contribution in [2.75, 3.05) is 0 Å². The van der Waals surface area contributed by atoms with Crippen LogP contribution in [0.4, 0.5) is 0 Å². The van der Waals surface area contributed by atoms with Crippen molar-refractivity contribution >= 4 is 46.2 Å². The van der Waals surface area contributed by atoms with Crippen LogP contribution < -0.4 is 22.9 Å². The van der Waals surface area contributed by atoms with Crippen molar-refractivity contribution in [3.63, 3.8) is 0 Å². The molecule has 0 saturated heterocycles. The van der Waals surface area contributed by atoms with Gasteiger partial charge in [0, 0.05) is 17.5 Å². The van der Waals surface area contributed by atoms with Crippen LogP contribution in [0.1, 0.15) is 53.9 Å². The highest BCUT2D eigenvalue weighted by Crippen LogP contribution is 2.34. The lowest BCUT2D eigenvalue weighted by Crippen LogP contribution is -2.38. The zero-order chi connectivity index (χ0) is 22.1. The lowest BCUT2D eigenvalue weighted by Gasteiger charge is -2.25. The maximum Gasteiger partial charge on any atom is 0.205 e. The summed E-state index contributed by atoms with van der Waals surface area (Å²) in [4.78, 5) is 43.4. The Bertz CT molecular complexity index is 854. The summed E-state index contributed by atoms with van der Waals surface area (Å²) in [6, 6.07) is 0. The number of carbonyl (C=O) groups excluding carboxylic acids is 2. The summed E-state index contributed by atoms with van der Waals surface area (Å²) in [6.07, 6.45) is 3.31. The van der Waals surface area contributed by atoms with Gasteiger partial charge in [0.15, 0.2) is 23.5 Å². The Balaban J connectivity index is 2.52. The Morgan fingerprint density at radius 3 is 2.30 bits per heavy atom. The van der Waals surface area contributed by atoms with E-state index in [1.807, 2.05) is 0 Å². The van der Waals surface area contributed by atoms with Gasteiger partial charge in [0.05, 0.1) is 27.5 Å². The molecule has 0 amide bonds. The van der Waals surface area contributed by atoms with E-state index in [4.69, 9.17) is 22.9 Å². The van der Waals surface area contributed by atoms with E-state index in [0.29, 0.717) is 17.0 Å². The quantitative estimate of drug-likeness (QED) is 0.160. The summed E-state index contributed by atoms with van der Waals surface area (Å²) in [5.41, 5.74) is 25.5. The van der Waals surface area contributed by atoms with Gasteiger partial charge in [-0.3, -0.25) is 14.6 Å². The van der Waals surface area contributed by atoms with E-state index in [1.54, 1.807) is 16.4 Å². The lowest BCUT2D eigenvalue weighted by molar-refractivity contribution is -0.122. The van der Waals surface area contributed by atoms with Crippen molar-refractivity contribution < 1.29 is 9.59 Å². The van der Waals surface area contributed by atoms with Crippen LogP contribution in [0.15, 0.2) is 32.6 Å². The first-order chi connectivity index (χ1) is 14.3. The summed E-state index contributed by atoms with van der Waals surface area (Å²) in [7, 11) is 0. The third kappa shape index (κ3) is 6.32. The molecule has 0 spiro atoms. The minimum Gasteiger partial charge on any atom is -0.370 e. The monoisotopic (exact) mass is 450 g/mol. The van der Waals surface area contributed by atoms with E-state index in [9.17, 15) is 9.59 Å². The van der Waals surface area contributed by atoms with E-state index in [-0.39, 0.29) is 17.7 Å². The first-order valence-corrected chi connectivity index (χ1v) is 11.2. The SMILES string of the molecule is CCCCCC(C(=O)c1cncs1)C(C(=O)C(N=C(N)N)N=C(N)N)c1cscn1. The van der Waals surface area contributed by atoms with Gasteiger partial charge in [-0.2, -0.15) is 0 Å². The predicted molar refractivity (Wildman–Crippen MR) is 119 cm³/mol. The number of nitrogens with zero attached hydrogens (tertiary/aromatic N) is 4. The zero-order valence-corrected chi connectivity index (χ0v) is 18.2. The molecule has 0 saturated carbocycles. The highest BCUT2D eigenvalue weighted by atomic mass is 32.1. The molecule has 0 aliphatic rings. The van der Waals surface area contributed by atoms with Gasteiger partial charge in [0.1, 0.15) is 0 Å². The molecule has 0 aliphatic carbocycles. The maximum absolute atomic E-state index is 13.5. The average Bonchev–Trinajstić information content (AvgIpc) is 3.39. The summed E-state index contributed by atoms with van der Waals surface area (Å²) >= 11 is 2.55. The molecule has 8 N–H and O–H groups in total. The van der Waals surface area contributed by atoms with E-state index >= 15 is 0 Å². The summed E-state index contributed by atoms with van der Waals surface area (Å²) in [5, 5.41) is 1.73. The van der Waals surface area contributed by atoms with Gasteiger partial charge < -0.3 is 22.9 Å². The molecule has 0 bridgehead atoms. The number of hydrogen-bond donors (Lipinski definition) is 4. The molecule has 12 heteroatoms. The molecule has 2 aromatic rings. The summed E-state index contributed by atoms with van der Waals surface area (Å²) in [5.74, 6) is -2.93. The van der Waals surface area contributed by atoms with Crippen LogP contribution in [-0.4, -0.2) is 39.6 Å². The molecule has 10 nitrogen and oxygen atoms in total. The van der Waals surface area contributed by atoms with Gasteiger partial charge in [-0.15, -0.1) is 22.7 Å². The number of carbonyl (C=O) groups is 2. The minimum absolute atomic E-state index is 0.173. The molecular weight excluding hydrogens is 424 g/mol. The molecule has 0 fully saturated rings. The van der Waals surface area contributed by atoms with Crippen molar-refractivity contribution in [1.82, 2.24) is 9.97 Å². The van der Waals surface area contributed by atoms with Crippen molar-refractivity contribution in [2.45, 2.75) is 44.7 Å². The molecule has 2 unspecified atom stereocenters. The van der Waals surface area contributed by atoms with E-state index in [2.05, 4.69) is 26.9 Å². The smallest absolute Gasteiger partial charge is 0.205 e. The number of ketones is 2. The molecule has 2 heterocycles. The van der Waals surface area contributed by atoms with Crippen molar-refractivity contribution in [3.8, 4) is 0 Å². The molecule has 2 rings (SSSR count). The van der Waals surface area contributed by atoms with Crippen LogP contribution in [-0.2, 0) is 4.79 Å². The Kier molecular flexibility index (Phi) is 8.87. The van der Waals surface area contributed by atoms with Gasteiger partial charge in [0.25, 0.3) is 0 Å². The van der Waals surface area contributed by atoms with Crippen LogP contribution in [0.25, 0.3) is 0 Å². The number of hydrogen-bond acceptors (Lipinski definition) is 8. The molecule has 0 aliphatic heterocycles. The van der Waals surface area contributed by atoms with Crippen molar-refractivity contribution in [1.29, 1.82) is 0 Å². The van der Waals surface area contributed by atoms with Gasteiger partial charge >= 0.3 is 0 Å². The van der Waals surface area contributed by atoms with E-state index in [1.165, 1.54) is 28.9 Å². The number of rotatable bonds is 12. The van der Waals surface area contributed by atoms with Crippen LogP contribution in [0.3, 0.4) is 0 Å². The van der Waals surface area contributed by atoms with E-state index in [0.717, 1.165) is 19.3 Å². The number of guanidine groups is 2. The van der Waals surface area contributed by atoms with Gasteiger partial charge in [-0.1, -0.05) is 26.2 Å². The first kappa shape index (κ1) is 23.4. The molecule has 0 aromatic carbocycles. The second kappa shape index (κ2) is 11.4. The van der Waals surface area contributed by atoms with E-state index < -0.39 is 23.8 Å². The third-order valence-electron chi connectivity index (χ3n) is 4.41. The van der Waals surface area contributed by atoms with Crippen LogP contribution in [0, 0.1) is 5.92 Å². The fourth-order valence-corrected chi connectivity index (χ4v) is 4.32. The number of nitrogens with two attached hydrogens (primary N) is 4. The second-order valence-electron chi connectivity index (χ2n) is 6.61. The Morgan fingerprint density at radius 1 is 1.10 bits per heavy atom. The Morgan fingerprint density at radius 2 is 1.80 bits per heavy atom. The first-order valence-electron chi connectivity index (χ1n) is 9.37. The largest absolute Gasteiger partial charge is 0.370 e. The number of Topliss-reactive ketones (excluding diaryl/α,β-unsaturated/α-hetero) is 2. The molecule has 30 heavy (non-hydrogen) atoms. The number of thiazole rings is 2. The Labute approximate surface area is 182 Å². The Hall–Kier alpha value is -2.86. The van der Waals surface area contributed by atoms with Crippen LogP contribution >= 0.6 is 22.7 Å². The summed E-state index contributed by atoms with van der Waals surface area (Å²) in [6.45, 7) is 2.07. The normalized spacial score (nSPS) is 12.9. The van der Waals surface area contributed by atoms with Crippen LogP contribution in [0.2, 0.25) is 0 Å². The number of aliphatic imine (C=N–C) groups is 2. The topological polar surface area (TPSA) is 189 Å². The van der Waals surface area contributed by atoms with Gasteiger partial charge in [0.2, 0.25) is 6.17 Å². The molecular formula is C18H26N8O2S2. The fraction of sp³-hybridized carbons (Fsp3) is 0.444. The highest BCUT2D eigenvalue weighted by molar-refractivity contribution is 7.11. The summed E-state index contributed by atoms with van der Waals surface area (Å²) < 4.78 is 0. The standard InChI is InChI=1S/C18H26N8O2S2/c1-2-3-4-5-10(14(27)12-6-23-8-30-12)13(11-7-29-9-24-11)15(28)16(25-17(19)20)26-18(21)22/h6-10,13,16H,2-5H2,1H3,(H4,19,20,25)(H4,21,22,26). The minimum atomic E-state index is -1.37. The van der Waals surface area contributed by atoms with Crippen molar-refractivity contribution in [3.05, 3.63) is 33.2 Å².